The molecular weight excluding hydrogens is 342 g/mol. The Hall–Kier alpha value is -2.38. The molecule has 0 aliphatic carbocycles. The molecule has 1 aliphatic heterocycles. The van der Waals surface area contributed by atoms with E-state index in [0.717, 1.165) is 49.5 Å². The fourth-order valence-electron chi connectivity index (χ4n) is 3.64. The second-order valence-corrected chi connectivity index (χ2v) is 7.08. The molecule has 0 radical (unpaired) electrons. The monoisotopic (exact) mass is 371 g/mol. The summed E-state index contributed by atoms with van der Waals surface area (Å²) in [4.78, 5) is 14.9. The van der Waals surface area contributed by atoms with Crippen molar-refractivity contribution < 1.29 is 9.53 Å². The van der Waals surface area contributed by atoms with Crippen molar-refractivity contribution in [3.05, 3.63) is 36.0 Å². The van der Waals surface area contributed by atoms with E-state index in [4.69, 9.17) is 4.74 Å². The van der Waals surface area contributed by atoms with Gasteiger partial charge in [0.05, 0.1) is 12.3 Å². The van der Waals surface area contributed by atoms with Crippen LogP contribution in [0.15, 0.2) is 30.3 Å². The van der Waals surface area contributed by atoms with E-state index < -0.39 is 0 Å². The number of urea groups is 1. The molecule has 2 amide bonds. The highest BCUT2D eigenvalue weighted by Gasteiger charge is 2.23. The number of anilines is 1. The van der Waals surface area contributed by atoms with Crippen LogP contribution in [0.1, 0.15) is 12.1 Å². The van der Waals surface area contributed by atoms with E-state index in [1.54, 1.807) is 11.8 Å². The van der Waals surface area contributed by atoms with E-state index in [1.807, 2.05) is 44.3 Å². The van der Waals surface area contributed by atoms with Gasteiger partial charge in [-0.1, -0.05) is 30.3 Å². The summed E-state index contributed by atoms with van der Waals surface area (Å²) >= 11 is 0. The SMILES string of the molecule is COCCN1CCC(CNC(=O)Nc2c(-c3ccccc3)c(C)nn2C)C1. The Balaban J connectivity index is 1.58. The van der Waals surface area contributed by atoms with E-state index in [2.05, 4.69) is 20.6 Å². The minimum atomic E-state index is -0.189. The highest BCUT2D eigenvalue weighted by molar-refractivity contribution is 5.93. The quantitative estimate of drug-likeness (QED) is 0.784. The van der Waals surface area contributed by atoms with Crippen molar-refractivity contribution in [1.29, 1.82) is 0 Å². The molecule has 1 atom stereocenters. The average molecular weight is 371 g/mol. The maximum absolute atomic E-state index is 12.5. The molecule has 1 aliphatic rings. The van der Waals surface area contributed by atoms with Crippen molar-refractivity contribution in [3.63, 3.8) is 0 Å². The van der Waals surface area contributed by atoms with Gasteiger partial charge in [-0.15, -0.1) is 0 Å². The third-order valence-corrected chi connectivity index (χ3v) is 5.05. The number of carbonyl (C=O) groups excluding carboxylic acids is 1. The van der Waals surface area contributed by atoms with Gasteiger partial charge in [-0.2, -0.15) is 5.10 Å². The van der Waals surface area contributed by atoms with E-state index in [1.165, 1.54) is 0 Å². The Morgan fingerprint density at radius 1 is 1.33 bits per heavy atom. The normalized spacial score (nSPS) is 17.2. The Bertz CT molecular complexity index is 759. The molecule has 1 aromatic carbocycles. The molecular formula is C20H29N5O2. The summed E-state index contributed by atoms with van der Waals surface area (Å²) in [5.41, 5.74) is 2.89. The van der Waals surface area contributed by atoms with Crippen LogP contribution in [-0.4, -0.2) is 60.6 Å². The van der Waals surface area contributed by atoms with Gasteiger partial charge in [-0.3, -0.25) is 10.00 Å². The summed E-state index contributed by atoms with van der Waals surface area (Å²) in [7, 11) is 3.57. The average Bonchev–Trinajstić information content (AvgIpc) is 3.23. The standard InChI is InChI=1S/C20H29N5O2/c1-15-18(17-7-5-4-6-8-17)19(24(2)23-15)22-20(26)21-13-16-9-10-25(14-16)11-12-27-3/h4-8,16H,9-14H2,1-3H3,(H2,21,22,26). The number of aromatic nitrogens is 2. The maximum atomic E-state index is 12.5. The number of hydrogen-bond donors (Lipinski definition) is 2. The molecule has 2 heterocycles. The van der Waals surface area contributed by atoms with Gasteiger partial charge in [0.15, 0.2) is 0 Å². The van der Waals surface area contributed by atoms with Gasteiger partial charge in [0.1, 0.15) is 5.82 Å². The molecule has 0 spiro atoms. The first-order chi connectivity index (χ1) is 13.1. The molecule has 1 unspecified atom stereocenters. The number of aryl methyl sites for hydroxylation is 2. The Labute approximate surface area is 160 Å². The lowest BCUT2D eigenvalue weighted by Gasteiger charge is -2.16. The maximum Gasteiger partial charge on any atom is 0.320 e. The van der Waals surface area contributed by atoms with Crippen LogP contribution >= 0.6 is 0 Å². The van der Waals surface area contributed by atoms with Crippen LogP contribution in [0.4, 0.5) is 10.6 Å². The zero-order valence-electron chi connectivity index (χ0n) is 16.4. The van der Waals surface area contributed by atoms with Crippen molar-refractivity contribution in [2.24, 2.45) is 13.0 Å². The smallest absolute Gasteiger partial charge is 0.320 e. The number of amides is 2. The van der Waals surface area contributed by atoms with E-state index in [0.29, 0.717) is 18.3 Å². The second kappa shape index (κ2) is 9.01. The van der Waals surface area contributed by atoms with Gasteiger partial charge in [-0.05, 0) is 31.4 Å². The zero-order valence-corrected chi connectivity index (χ0v) is 16.4. The lowest BCUT2D eigenvalue weighted by atomic mass is 10.1. The molecule has 27 heavy (non-hydrogen) atoms. The van der Waals surface area contributed by atoms with E-state index in [-0.39, 0.29) is 6.03 Å². The van der Waals surface area contributed by atoms with Crippen molar-refractivity contribution in [3.8, 4) is 11.1 Å². The van der Waals surface area contributed by atoms with Crippen molar-refractivity contribution in [1.82, 2.24) is 20.0 Å². The largest absolute Gasteiger partial charge is 0.383 e. The van der Waals surface area contributed by atoms with Crippen LogP contribution in [0, 0.1) is 12.8 Å². The van der Waals surface area contributed by atoms with Gasteiger partial charge in [0.2, 0.25) is 0 Å². The molecule has 3 rings (SSSR count). The van der Waals surface area contributed by atoms with Crippen molar-refractivity contribution in [2.45, 2.75) is 13.3 Å². The van der Waals surface area contributed by atoms with Crippen LogP contribution in [0.5, 0.6) is 0 Å². The summed E-state index contributed by atoms with van der Waals surface area (Å²) in [6.45, 7) is 6.40. The number of ether oxygens (including phenoxy) is 1. The first kappa shape index (κ1) is 19.4. The minimum Gasteiger partial charge on any atom is -0.383 e. The molecule has 7 heteroatoms. The lowest BCUT2D eigenvalue weighted by molar-refractivity contribution is 0.159. The van der Waals surface area contributed by atoms with Crippen molar-refractivity contribution >= 4 is 11.8 Å². The molecule has 1 saturated heterocycles. The predicted octanol–water partition coefficient (Wildman–Crippen LogP) is 2.49. The molecule has 0 bridgehead atoms. The number of benzene rings is 1. The molecule has 2 N–H and O–H groups in total. The summed E-state index contributed by atoms with van der Waals surface area (Å²) in [5, 5.41) is 10.5. The van der Waals surface area contributed by atoms with Crippen LogP contribution in [0.25, 0.3) is 11.1 Å². The van der Waals surface area contributed by atoms with Crippen LogP contribution in [0.2, 0.25) is 0 Å². The molecule has 2 aromatic rings. The number of nitrogens with zero attached hydrogens (tertiary/aromatic N) is 3. The highest BCUT2D eigenvalue weighted by Crippen LogP contribution is 2.30. The number of carbonyl (C=O) groups is 1. The van der Waals surface area contributed by atoms with Crippen LogP contribution < -0.4 is 10.6 Å². The summed E-state index contributed by atoms with van der Waals surface area (Å²) in [6, 6.07) is 9.82. The topological polar surface area (TPSA) is 71.4 Å². The fraction of sp³-hybridized carbons (Fsp3) is 0.500. The first-order valence-electron chi connectivity index (χ1n) is 9.43. The number of hydrogen-bond acceptors (Lipinski definition) is 4. The molecule has 146 valence electrons. The Morgan fingerprint density at radius 3 is 2.85 bits per heavy atom. The number of likely N-dealkylation sites (tertiary alicyclic amines) is 1. The van der Waals surface area contributed by atoms with Gasteiger partial charge in [0, 0.05) is 39.4 Å². The highest BCUT2D eigenvalue weighted by atomic mass is 16.5. The summed E-state index contributed by atoms with van der Waals surface area (Å²) in [5.74, 6) is 1.19. The first-order valence-corrected chi connectivity index (χ1v) is 9.43. The minimum absolute atomic E-state index is 0.189. The van der Waals surface area contributed by atoms with Crippen LogP contribution in [-0.2, 0) is 11.8 Å². The molecule has 7 nitrogen and oxygen atoms in total. The van der Waals surface area contributed by atoms with E-state index in [9.17, 15) is 4.79 Å². The van der Waals surface area contributed by atoms with Gasteiger partial charge < -0.3 is 15.0 Å². The number of nitrogens with one attached hydrogen (secondary N) is 2. The zero-order chi connectivity index (χ0) is 19.2. The Kier molecular flexibility index (Phi) is 6.47. The number of methoxy groups -OCH3 is 1. The predicted molar refractivity (Wildman–Crippen MR) is 107 cm³/mol. The second-order valence-electron chi connectivity index (χ2n) is 7.08. The summed E-state index contributed by atoms with van der Waals surface area (Å²) < 4.78 is 6.86. The Morgan fingerprint density at radius 2 is 2.11 bits per heavy atom. The number of rotatable bonds is 7. The van der Waals surface area contributed by atoms with E-state index >= 15 is 0 Å². The third kappa shape index (κ3) is 4.87. The lowest BCUT2D eigenvalue weighted by Crippen LogP contribution is -2.35. The molecule has 1 aromatic heterocycles. The fourth-order valence-corrected chi connectivity index (χ4v) is 3.64. The third-order valence-electron chi connectivity index (χ3n) is 5.05. The molecule has 1 fully saturated rings. The van der Waals surface area contributed by atoms with Crippen LogP contribution in [0.3, 0.4) is 0 Å². The summed E-state index contributed by atoms with van der Waals surface area (Å²) in [6.07, 6.45) is 1.10. The van der Waals surface area contributed by atoms with Gasteiger partial charge >= 0.3 is 6.03 Å². The molecule has 0 saturated carbocycles. The van der Waals surface area contributed by atoms with Crippen molar-refractivity contribution in [2.75, 3.05) is 45.2 Å². The van der Waals surface area contributed by atoms with Gasteiger partial charge in [-0.25, -0.2) is 4.79 Å². The van der Waals surface area contributed by atoms with Gasteiger partial charge in [0.25, 0.3) is 0 Å².